The molecule has 1 aliphatic heterocycles. The number of nitrogens with zero attached hydrogens (tertiary/aromatic N) is 2. The number of aliphatic imine (C=N–C) groups is 1. The van der Waals surface area contributed by atoms with Gasteiger partial charge in [0, 0.05) is 20.1 Å². The zero-order valence-corrected chi connectivity index (χ0v) is 14.9. The third-order valence-corrected chi connectivity index (χ3v) is 6.66. The van der Waals surface area contributed by atoms with Crippen molar-refractivity contribution in [3.05, 3.63) is 48.5 Å². The van der Waals surface area contributed by atoms with Gasteiger partial charge in [-0.2, -0.15) is 0 Å². The van der Waals surface area contributed by atoms with E-state index >= 15 is 0 Å². The van der Waals surface area contributed by atoms with Crippen molar-refractivity contribution in [3.63, 3.8) is 0 Å². The fourth-order valence-electron chi connectivity index (χ4n) is 2.18. The lowest BCUT2D eigenvalue weighted by Crippen LogP contribution is -2.35. The molecule has 0 fully saturated rings. The van der Waals surface area contributed by atoms with Gasteiger partial charge in [-0.25, -0.2) is 0 Å². The zero-order valence-electron chi connectivity index (χ0n) is 10.2. The van der Waals surface area contributed by atoms with Gasteiger partial charge >= 0.3 is 0 Å². The Morgan fingerprint density at radius 3 is 2.80 bits per heavy atom. The molecule has 0 bridgehead atoms. The molecule has 0 radical (unpaired) electrons. The molecule has 7 heteroatoms. The first-order valence-electron chi connectivity index (χ1n) is 5.85. The summed E-state index contributed by atoms with van der Waals surface area (Å²) in [6.45, 7) is 0.651. The smallest absolute Gasteiger partial charge is 0.196 e. The van der Waals surface area contributed by atoms with Gasteiger partial charge in [0.05, 0.1) is 16.4 Å². The van der Waals surface area contributed by atoms with E-state index in [1.807, 2.05) is 29.2 Å². The van der Waals surface area contributed by atoms with E-state index in [1.165, 1.54) is 4.88 Å². The first-order chi connectivity index (χ1) is 9.56. The Kier molecular flexibility index (Phi) is 4.08. The summed E-state index contributed by atoms with van der Waals surface area (Å²) >= 11 is 14.8. The van der Waals surface area contributed by atoms with Crippen LogP contribution in [0.2, 0.25) is 5.02 Å². The lowest BCUT2D eigenvalue weighted by atomic mass is 10.2. The highest BCUT2D eigenvalue weighted by molar-refractivity contribution is 9.13. The summed E-state index contributed by atoms with van der Waals surface area (Å²) in [5.74, 6) is 0.526. The van der Waals surface area contributed by atoms with Gasteiger partial charge < -0.3 is 10.6 Å². The van der Waals surface area contributed by atoms with Crippen LogP contribution in [0.4, 0.5) is 5.69 Å². The average molecular weight is 436 g/mol. The summed E-state index contributed by atoms with van der Waals surface area (Å²) in [6.07, 6.45) is 0. The Morgan fingerprint density at radius 1 is 1.35 bits per heavy atom. The molecule has 2 heterocycles. The summed E-state index contributed by atoms with van der Waals surface area (Å²) < 4.78 is 2.12. The average Bonchev–Trinajstić information content (AvgIpc) is 2.93. The Hall–Kier alpha value is -0.560. The SMILES string of the molecule is NC1=NCC(c2cc(Br)c(Br)s2)N1c1cccc(Cl)c1. The van der Waals surface area contributed by atoms with Crippen LogP contribution in [0.5, 0.6) is 0 Å². The third kappa shape index (κ3) is 2.62. The van der Waals surface area contributed by atoms with Crippen LogP contribution in [0, 0.1) is 0 Å². The van der Waals surface area contributed by atoms with Crippen LogP contribution < -0.4 is 10.6 Å². The van der Waals surface area contributed by atoms with Crippen LogP contribution in [0.15, 0.2) is 43.6 Å². The van der Waals surface area contributed by atoms with Gasteiger partial charge in [-0.3, -0.25) is 4.99 Å². The Morgan fingerprint density at radius 2 is 2.15 bits per heavy atom. The largest absolute Gasteiger partial charge is 0.369 e. The monoisotopic (exact) mass is 433 g/mol. The van der Waals surface area contributed by atoms with E-state index in [9.17, 15) is 0 Å². The summed E-state index contributed by atoms with van der Waals surface area (Å²) in [7, 11) is 0. The van der Waals surface area contributed by atoms with Crippen LogP contribution in [0.25, 0.3) is 0 Å². The number of halogens is 3. The van der Waals surface area contributed by atoms with Gasteiger partial charge in [0.15, 0.2) is 5.96 Å². The number of hydrogen-bond acceptors (Lipinski definition) is 4. The van der Waals surface area contributed by atoms with E-state index in [2.05, 4.69) is 42.9 Å². The minimum absolute atomic E-state index is 0.112. The molecule has 0 saturated heterocycles. The predicted molar refractivity (Wildman–Crippen MR) is 92.9 cm³/mol. The zero-order chi connectivity index (χ0) is 14.3. The number of rotatable bonds is 2. The van der Waals surface area contributed by atoms with Crippen molar-refractivity contribution in [1.82, 2.24) is 0 Å². The molecule has 0 spiro atoms. The van der Waals surface area contributed by atoms with Crippen molar-refractivity contribution < 1.29 is 0 Å². The molecule has 104 valence electrons. The summed E-state index contributed by atoms with van der Waals surface area (Å²) in [5, 5.41) is 0.689. The number of thiophene rings is 1. The maximum absolute atomic E-state index is 6.07. The molecule has 0 saturated carbocycles. The number of hydrogen-bond donors (Lipinski definition) is 1. The van der Waals surface area contributed by atoms with Gasteiger partial charge in [0.25, 0.3) is 0 Å². The number of benzene rings is 1. The summed E-state index contributed by atoms with van der Waals surface area (Å²) in [6, 6.07) is 9.87. The van der Waals surface area contributed by atoms with E-state index in [0.29, 0.717) is 17.5 Å². The fourth-order valence-corrected chi connectivity index (χ4v) is 4.54. The van der Waals surface area contributed by atoms with Crippen LogP contribution in [0.3, 0.4) is 0 Å². The van der Waals surface area contributed by atoms with E-state index in [0.717, 1.165) is 13.9 Å². The second-order valence-corrected chi connectivity index (χ2v) is 8.03. The molecule has 1 aromatic carbocycles. The van der Waals surface area contributed by atoms with Crippen molar-refractivity contribution in [2.75, 3.05) is 11.4 Å². The minimum Gasteiger partial charge on any atom is -0.369 e. The fraction of sp³-hybridized carbons (Fsp3) is 0.154. The molecular weight excluding hydrogens is 425 g/mol. The lowest BCUT2D eigenvalue weighted by Gasteiger charge is -2.25. The minimum atomic E-state index is 0.112. The number of anilines is 1. The molecule has 3 rings (SSSR count). The quantitative estimate of drug-likeness (QED) is 0.736. The molecule has 1 atom stereocenters. The molecule has 1 aromatic heterocycles. The summed E-state index contributed by atoms with van der Waals surface area (Å²) in [5.41, 5.74) is 7.01. The van der Waals surface area contributed by atoms with Crippen molar-refractivity contribution in [2.45, 2.75) is 6.04 Å². The molecule has 1 unspecified atom stereocenters. The highest BCUT2D eigenvalue weighted by atomic mass is 79.9. The second kappa shape index (κ2) is 5.67. The van der Waals surface area contributed by atoms with Crippen LogP contribution in [-0.4, -0.2) is 12.5 Å². The van der Waals surface area contributed by atoms with E-state index in [1.54, 1.807) is 11.3 Å². The van der Waals surface area contributed by atoms with Crippen LogP contribution in [-0.2, 0) is 0 Å². The first-order valence-corrected chi connectivity index (χ1v) is 8.64. The molecule has 3 nitrogen and oxygen atoms in total. The van der Waals surface area contributed by atoms with Gasteiger partial charge in [-0.15, -0.1) is 11.3 Å². The van der Waals surface area contributed by atoms with Gasteiger partial charge in [0.1, 0.15) is 0 Å². The molecule has 0 amide bonds. The molecule has 20 heavy (non-hydrogen) atoms. The lowest BCUT2D eigenvalue weighted by molar-refractivity contribution is 0.784. The Labute approximate surface area is 142 Å². The number of guanidine groups is 1. The Bertz CT molecular complexity index is 667. The first kappa shape index (κ1) is 14.4. The normalized spacial score (nSPS) is 18.4. The second-order valence-electron chi connectivity index (χ2n) is 4.33. The molecule has 1 aliphatic rings. The highest BCUT2D eigenvalue weighted by Crippen LogP contribution is 2.40. The standard InChI is InChI=1S/C13H10Br2ClN3S/c14-9-5-11(20-12(9)15)10-6-18-13(17)19(10)8-3-1-2-7(16)4-8/h1-5,10H,6H2,(H2,17,18). The molecular formula is C13H10Br2ClN3S. The molecule has 2 N–H and O–H groups in total. The maximum atomic E-state index is 6.07. The molecule has 0 aliphatic carbocycles. The molecule has 2 aromatic rings. The van der Waals surface area contributed by atoms with Gasteiger partial charge in [-0.1, -0.05) is 17.7 Å². The van der Waals surface area contributed by atoms with Crippen molar-refractivity contribution in [1.29, 1.82) is 0 Å². The maximum Gasteiger partial charge on any atom is 0.196 e. The highest BCUT2D eigenvalue weighted by Gasteiger charge is 2.30. The third-order valence-electron chi connectivity index (χ3n) is 3.06. The van der Waals surface area contributed by atoms with E-state index < -0.39 is 0 Å². The summed E-state index contributed by atoms with van der Waals surface area (Å²) in [4.78, 5) is 7.60. The van der Waals surface area contributed by atoms with E-state index in [4.69, 9.17) is 17.3 Å². The van der Waals surface area contributed by atoms with Crippen molar-refractivity contribution >= 4 is 66.4 Å². The predicted octanol–water partition coefficient (Wildman–Crippen LogP) is 4.80. The van der Waals surface area contributed by atoms with Gasteiger partial charge in [-0.05, 0) is 56.1 Å². The number of nitrogens with two attached hydrogens (primary N) is 1. The van der Waals surface area contributed by atoms with Crippen LogP contribution in [0.1, 0.15) is 10.9 Å². The van der Waals surface area contributed by atoms with E-state index in [-0.39, 0.29) is 6.04 Å². The topological polar surface area (TPSA) is 41.6 Å². The van der Waals surface area contributed by atoms with Crippen LogP contribution >= 0.6 is 54.8 Å². The Balaban J connectivity index is 2.00. The van der Waals surface area contributed by atoms with Crippen molar-refractivity contribution in [3.8, 4) is 0 Å². The van der Waals surface area contributed by atoms with Crippen molar-refractivity contribution in [2.24, 2.45) is 10.7 Å². The van der Waals surface area contributed by atoms with Gasteiger partial charge in [0.2, 0.25) is 0 Å².